The topological polar surface area (TPSA) is 33.2 Å². The Morgan fingerprint density at radius 1 is 0.522 bits per heavy atom. The molecule has 3 aromatic heterocycles. The SMILES string of the molecule is CC(C)C1C=CC2=C(C1)Oc1cc(-n3c4ccccc4c4c5c(c6ccccc6n5-c5ccccc5)c5c(c6ccccc6n5-c5ccccc5)c43)cc3c1B2c1ccc(C(C)(C)C)cc1O3. The van der Waals surface area contributed by atoms with Gasteiger partial charge in [-0.25, -0.2) is 0 Å². The monoisotopic (exact) mass is 865 g/mol. The first-order valence-electron chi connectivity index (χ1n) is 23.8. The van der Waals surface area contributed by atoms with Gasteiger partial charge in [0.1, 0.15) is 17.2 Å². The quantitative estimate of drug-likeness (QED) is 0.165. The molecule has 0 spiro atoms. The van der Waals surface area contributed by atoms with E-state index in [9.17, 15) is 0 Å². The molecular formula is C61H48BN3O2. The van der Waals surface area contributed by atoms with Crippen molar-refractivity contribution in [1.29, 1.82) is 0 Å². The van der Waals surface area contributed by atoms with E-state index in [-0.39, 0.29) is 12.1 Å². The Morgan fingerprint density at radius 3 is 1.51 bits per heavy atom. The maximum absolute atomic E-state index is 7.25. The summed E-state index contributed by atoms with van der Waals surface area (Å²) in [7, 11) is 0. The van der Waals surface area contributed by atoms with E-state index in [2.05, 4.69) is 224 Å². The van der Waals surface area contributed by atoms with Crippen molar-refractivity contribution >= 4 is 83.1 Å². The van der Waals surface area contributed by atoms with Crippen molar-refractivity contribution in [3.05, 3.63) is 193 Å². The molecule has 1 atom stereocenters. The summed E-state index contributed by atoms with van der Waals surface area (Å²) in [6.07, 6.45) is 5.63. The highest BCUT2D eigenvalue weighted by Gasteiger charge is 2.43. The molecule has 3 aliphatic rings. The van der Waals surface area contributed by atoms with Crippen LogP contribution in [0, 0.1) is 11.8 Å². The molecule has 67 heavy (non-hydrogen) atoms. The van der Waals surface area contributed by atoms with E-state index in [4.69, 9.17) is 9.47 Å². The first-order chi connectivity index (χ1) is 32.7. The van der Waals surface area contributed by atoms with Crippen molar-refractivity contribution in [2.24, 2.45) is 11.8 Å². The van der Waals surface area contributed by atoms with Gasteiger partial charge in [0.15, 0.2) is 0 Å². The van der Waals surface area contributed by atoms with Gasteiger partial charge in [-0.15, -0.1) is 0 Å². The lowest BCUT2D eigenvalue weighted by atomic mass is 9.33. The Hall–Kier alpha value is -7.70. The minimum absolute atomic E-state index is 0.000148. The zero-order valence-corrected chi connectivity index (χ0v) is 38.3. The third-order valence-electron chi connectivity index (χ3n) is 15.1. The van der Waals surface area contributed by atoms with Crippen molar-refractivity contribution in [2.45, 2.75) is 46.5 Å². The molecule has 1 aliphatic carbocycles. The summed E-state index contributed by atoms with van der Waals surface area (Å²) >= 11 is 0. The van der Waals surface area contributed by atoms with E-state index < -0.39 is 0 Å². The summed E-state index contributed by atoms with van der Waals surface area (Å²) < 4.78 is 22.0. The van der Waals surface area contributed by atoms with Crippen molar-refractivity contribution in [2.75, 3.05) is 0 Å². The largest absolute Gasteiger partial charge is 0.463 e. The van der Waals surface area contributed by atoms with E-state index in [1.165, 1.54) is 65.4 Å². The van der Waals surface area contributed by atoms with Gasteiger partial charge in [-0.05, 0) is 82.3 Å². The lowest BCUT2D eigenvalue weighted by molar-refractivity contribution is 0.343. The van der Waals surface area contributed by atoms with Crippen LogP contribution in [0.1, 0.15) is 46.6 Å². The minimum Gasteiger partial charge on any atom is -0.463 e. The second kappa shape index (κ2) is 13.9. The van der Waals surface area contributed by atoms with Gasteiger partial charge in [0.2, 0.25) is 0 Å². The fourth-order valence-corrected chi connectivity index (χ4v) is 11.9. The molecule has 0 amide bonds. The molecule has 0 N–H and O–H groups in total. The van der Waals surface area contributed by atoms with Crippen LogP contribution < -0.4 is 20.4 Å². The van der Waals surface area contributed by atoms with Crippen LogP contribution in [0.4, 0.5) is 0 Å². The van der Waals surface area contributed by atoms with Crippen LogP contribution in [0.25, 0.3) is 82.5 Å². The molecule has 11 aromatic rings. The zero-order valence-electron chi connectivity index (χ0n) is 38.3. The van der Waals surface area contributed by atoms with Gasteiger partial charge in [0.25, 0.3) is 6.71 Å². The molecule has 8 aromatic carbocycles. The number of nitrogens with zero attached hydrogens (tertiary/aromatic N) is 3. The normalized spacial score (nSPS) is 15.6. The van der Waals surface area contributed by atoms with Gasteiger partial charge in [-0.2, -0.15) is 0 Å². The smallest absolute Gasteiger partial charge is 0.260 e. The Morgan fingerprint density at radius 2 is 1.00 bits per heavy atom. The second-order valence-corrected chi connectivity index (χ2v) is 20.2. The lowest BCUT2D eigenvalue weighted by Gasteiger charge is -2.37. The molecular weight excluding hydrogens is 818 g/mol. The second-order valence-electron chi connectivity index (χ2n) is 20.2. The average Bonchev–Trinajstić information content (AvgIpc) is 4.00. The van der Waals surface area contributed by atoms with Crippen LogP contribution in [0.3, 0.4) is 0 Å². The first-order valence-corrected chi connectivity index (χ1v) is 23.8. The van der Waals surface area contributed by atoms with Gasteiger partial charge in [0, 0.05) is 67.7 Å². The molecule has 0 fully saturated rings. The predicted molar refractivity (Wildman–Crippen MR) is 279 cm³/mol. The van der Waals surface area contributed by atoms with E-state index in [0.717, 1.165) is 68.5 Å². The summed E-state index contributed by atoms with van der Waals surface area (Å²) in [5.41, 5.74) is 15.0. The molecule has 322 valence electrons. The highest BCUT2D eigenvalue weighted by atomic mass is 16.5. The van der Waals surface area contributed by atoms with Gasteiger partial charge in [0.05, 0.1) is 44.5 Å². The first kappa shape index (κ1) is 38.6. The number of allylic oxidation sites excluding steroid dienone is 4. The molecule has 0 bridgehead atoms. The fourth-order valence-electron chi connectivity index (χ4n) is 11.9. The highest BCUT2D eigenvalue weighted by molar-refractivity contribution is 6.93. The Kier molecular flexibility index (Phi) is 8.01. The number of rotatable bonds is 4. The van der Waals surface area contributed by atoms with Crippen LogP contribution in [0.2, 0.25) is 0 Å². The molecule has 6 heteroatoms. The van der Waals surface area contributed by atoms with Gasteiger partial charge in [-0.3, -0.25) is 0 Å². The Bertz CT molecular complexity index is 3900. The van der Waals surface area contributed by atoms with Crippen molar-refractivity contribution in [3.8, 4) is 34.3 Å². The summed E-state index contributed by atoms with van der Waals surface area (Å²) in [6, 6.07) is 60.1. The maximum Gasteiger partial charge on any atom is 0.260 e. The number of benzene rings is 8. The van der Waals surface area contributed by atoms with Crippen molar-refractivity contribution in [1.82, 2.24) is 13.7 Å². The van der Waals surface area contributed by atoms with Crippen molar-refractivity contribution < 1.29 is 9.47 Å². The number of aromatic nitrogens is 3. The maximum atomic E-state index is 7.25. The molecule has 14 rings (SSSR count). The molecule has 5 heterocycles. The van der Waals surface area contributed by atoms with Crippen LogP contribution in [-0.4, -0.2) is 20.4 Å². The van der Waals surface area contributed by atoms with Gasteiger partial charge < -0.3 is 23.2 Å². The van der Waals surface area contributed by atoms with Crippen molar-refractivity contribution in [3.63, 3.8) is 0 Å². The van der Waals surface area contributed by atoms with Crippen LogP contribution >= 0.6 is 0 Å². The van der Waals surface area contributed by atoms with Gasteiger partial charge >= 0.3 is 0 Å². The van der Waals surface area contributed by atoms with E-state index in [1.54, 1.807) is 0 Å². The third kappa shape index (κ3) is 5.38. The number of ether oxygens (including phenoxy) is 2. The number of hydrogen-bond acceptors (Lipinski definition) is 2. The minimum atomic E-state index is -0.0398. The lowest BCUT2D eigenvalue weighted by Crippen LogP contribution is -2.51. The predicted octanol–water partition coefficient (Wildman–Crippen LogP) is 14.4. The number of fused-ring (bicyclic) bond motifs is 15. The summed E-state index contributed by atoms with van der Waals surface area (Å²) in [6.45, 7) is 11.5. The number of hydrogen-bond donors (Lipinski definition) is 0. The highest BCUT2D eigenvalue weighted by Crippen LogP contribution is 2.51. The number of para-hydroxylation sites is 5. The standard InChI is InChI=1S/C61H48BN3O2/c1-36(2)37-28-30-45-50(32-37)66-52-34-41(35-53-57(52)62(45)46-31-29-38(61(3,4)5)33-51(46)67-53)65-49-27-17-14-24-44(49)56-59-54(42-22-12-15-25-47(42)63(59)39-18-8-6-9-19-39)58-55(60(56)65)43-23-13-16-26-48(43)64(58)40-20-10-7-11-21-40/h6-31,33-37H,32H2,1-5H3. The third-order valence-corrected chi connectivity index (χ3v) is 15.1. The Balaban J connectivity index is 1.16. The van der Waals surface area contributed by atoms with E-state index >= 15 is 0 Å². The van der Waals surface area contributed by atoms with E-state index in [0.29, 0.717) is 11.8 Å². The molecule has 0 radical (unpaired) electrons. The molecule has 0 saturated heterocycles. The fraction of sp³-hybridized carbons (Fsp3) is 0.148. The average molecular weight is 866 g/mol. The van der Waals surface area contributed by atoms with Crippen LogP contribution in [0.15, 0.2) is 187 Å². The zero-order chi connectivity index (χ0) is 44.9. The van der Waals surface area contributed by atoms with Gasteiger partial charge in [-0.1, -0.05) is 150 Å². The van der Waals surface area contributed by atoms with Crippen LogP contribution in [0.5, 0.6) is 17.2 Å². The Labute approximate surface area is 389 Å². The summed E-state index contributed by atoms with van der Waals surface area (Å²) in [5, 5.41) is 7.26. The van der Waals surface area contributed by atoms with E-state index in [1.807, 2.05) is 0 Å². The molecule has 5 nitrogen and oxygen atoms in total. The molecule has 2 aliphatic heterocycles. The van der Waals surface area contributed by atoms with Crippen LogP contribution in [-0.2, 0) is 5.41 Å². The molecule has 1 unspecified atom stereocenters. The summed E-state index contributed by atoms with van der Waals surface area (Å²) in [5.74, 6) is 4.60. The molecule has 0 saturated carbocycles. The summed E-state index contributed by atoms with van der Waals surface area (Å²) in [4.78, 5) is 0.